The number of amides is 1. The lowest BCUT2D eigenvalue weighted by Crippen LogP contribution is -2.33. The van der Waals surface area contributed by atoms with Crippen LogP contribution in [0.1, 0.15) is 22.5 Å². The monoisotopic (exact) mass is 486 g/mol. The lowest BCUT2D eigenvalue weighted by molar-refractivity contribution is -0.384. The quantitative estimate of drug-likeness (QED) is 0.254. The van der Waals surface area contributed by atoms with Crippen LogP contribution in [0.25, 0.3) is 16.9 Å². The van der Waals surface area contributed by atoms with Crippen molar-refractivity contribution in [3.8, 4) is 23.0 Å². The van der Waals surface area contributed by atoms with Crippen LogP contribution in [0.15, 0.2) is 79.1 Å². The molecule has 35 heavy (non-hydrogen) atoms. The van der Waals surface area contributed by atoms with Crippen LogP contribution in [0.5, 0.6) is 0 Å². The van der Waals surface area contributed by atoms with Crippen molar-refractivity contribution in [3.63, 3.8) is 0 Å². The van der Waals surface area contributed by atoms with Gasteiger partial charge in [0.25, 0.3) is 11.6 Å². The Morgan fingerprint density at radius 2 is 1.97 bits per heavy atom. The average Bonchev–Trinajstić information content (AvgIpc) is 3.32. The predicted octanol–water partition coefficient (Wildman–Crippen LogP) is 5.05. The van der Waals surface area contributed by atoms with Crippen LogP contribution in [-0.2, 0) is 6.54 Å². The van der Waals surface area contributed by atoms with Gasteiger partial charge < -0.3 is 4.90 Å². The first-order valence-corrected chi connectivity index (χ1v) is 11.0. The van der Waals surface area contributed by atoms with Gasteiger partial charge in [0.15, 0.2) is 0 Å². The summed E-state index contributed by atoms with van der Waals surface area (Å²) >= 11 is 6.37. The highest BCUT2D eigenvalue weighted by molar-refractivity contribution is 6.33. The molecule has 4 rings (SSSR count). The van der Waals surface area contributed by atoms with E-state index in [-0.39, 0.29) is 36.8 Å². The number of benzene rings is 2. The van der Waals surface area contributed by atoms with E-state index in [4.69, 9.17) is 16.9 Å². The average molecular weight is 487 g/mol. The van der Waals surface area contributed by atoms with E-state index in [9.17, 15) is 14.9 Å². The zero-order chi connectivity index (χ0) is 24.8. The van der Waals surface area contributed by atoms with Crippen molar-refractivity contribution in [1.29, 1.82) is 5.26 Å². The summed E-state index contributed by atoms with van der Waals surface area (Å²) in [6, 6.07) is 20.2. The maximum atomic E-state index is 13.8. The smallest absolute Gasteiger partial charge is 0.272 e. The third-order valence-electron chi connectivity index (χ3n) is 5.24. The van der Waals surface area contributed by atoms with E-state index >= 15 is 0 Å². The number of nitrogens with zero attached hydrogens (tertiary/aromatic N) is 6. The van der Waals surface area contributed by atoms with E-state index in [0.717, 1.165) is 5.56 Å². The van der Waals surface area contributed by atoms with Gasteiger partial charge in [-0.2, -0.15) is 10.4 Å². The number of nitro benzene ring substituents is 1. The molecule has 2 heterocycles. The first-order valence-electron chi connectivity index (χ1n) is 10.6. The van der Waals surface area contributed by atoms with Gasteiger partial charge in [-0.05, 0) is 29.8 Å². The number of nitro groups is 1. The van der Waals surface area contributed by atoms with Gasteiger partial charge in [0.1, 0.15) is 5.69 Å². The number of rotatable bonds is 8. The summed E-state index contributed by atoms with van der Waals surface area (Å²) in [7, 11) is 0. The zero-order valence-corrected chi connectivity index (χ0v) is 19.2. The molecule has 0 spiro atoms. The Balaban J connectivity index is 1.82. The summed E-state index contributed by atoms with van der Waals surface area (Å²) in [6.45, 7) is 0.418. The van der Waals surface area contributed by atoms with Gasteiger partial charge in [-0.1, -0.05) is 41.9 Å². The molecule has 0 saturated heterocycles. The molecule has 0 saturated carbocycles. The molecule has 9 nitrogen and oxygen atoms in total. The van der Waals surface area contributed by atoms with E-state index in [0.29, 0.717) is 22.0 Å². The van der Waals surface area contributed by atoms with E-state index in [1.165, 1.54) is 27.8 Å². The van der Waals surface area contributed by atoms with Crippen molar-refractivity contribution < 1.29 is 9.72 Å². The number of hydrogen-bond acceptors (Lipinski definition) is 6. The molecule has 4 aromatic rings. The molecule has 174 valence electrons. The van der Waals surface area contributed by atoms with Crippen LogP contribution in [0.4, 0.5) is 5.69 Å². The van der Waals surface area contributed by atoms with Gasteiger partial charge in [0.05, 0.1) is 33.8 Å². The summed E-state index contributed by atoms with van der Waals surface area (Å²) in [5.74, 6) is -0.388. The topological polar surface area (TPSA) is 118 Å². The Hall–Kier alpha value is -4.55. The number of hydrogen-bond donors (Lipinski definition) is 0. The number of non-ortho nitro benzene ring substituents is 1. The molecule has 0 aliphatic heterocycles. The van der Waals surface area contributed by atoms with E-state index in [1.807, 2.05) is 6.07 Å². The normalized spacial score (nSPS) is 10.5. The standard InChI is InChI=1S/C25H19ClN6O3/c26-22-10-2-1-9-21(22)23-15-24(31(29-23)19-7-3-8-20(14-19)32(34)35)25(33)30(13-5-11-27)17-18-6-4-12-28-16-18/h1-4,6-10,12,14-16H,5,13,17H2. The van der Waals surface area contributed by atoms with Crippen molar-refractivity contribution in [2.24, 2.45) is 0 Å². The fourth-order valence-corrected chi connectivity index (χ4v) is 3.81. The number of nitriles is 1. The van der Waals surface area contributed by atoms with Gasteiger partial charge in [0.2, 0.25) is 0 Å². The van der Waals surface area contributed by atoms with Crippen LogP contribution >= 0.6 is 11.6 Å². The highest BCUT2D eigenvalue weighted by Gasteiger charge is 2.24. The number of carbonyl (C=O) groups is 1. The fraction of sp³-hybridized carbons (Fsp3) is 0.120. The second-order valence-corrected chi connectivity index (χ2v) is 7.99. The van der Waals surface area contributed by atoms with E-state index in [2.05, 4.69) is 16.2 Å². The highest BCUT2D eigenvalue weighted by atomic mass is 35.5. The van der Waals surface area contributed by atoms with Crippen molar-refractivity contribution in [2.45, 2.75) is 13.0 Å². The Labute approximate surface area is 206 Å². The molecule has 1 amide bonds. The predicted molar refractivity (Wildman–Crippen MR) is 130 cm³/mol. The van der Waals surface area contributed by atoms with E-state index in [1.54, 1.807) is 54.9 Å². The molecule has 10 heteroatoms. The Morgan fingerprint density at radius 1 is 1.14 bits per heavy atom. The molecule has 2 aromatic carbocycles. The summed E-state index contributed by atoms with van der Waals surface area (Å²) < 4.78 is 1.37. The van der Waals surface area contributed by atoms with E-state index < -0.39 is 4.92 Å². The van der Waals surface area contributed by atoms with Crippen molar-refractivity contribution in [1.82, 2.24) is 19.7 Å². The Kier molecular flexibility index (Phi) is 7.14. The van der Waals surface area contributed by atoms with Crippen LogP contribution in [0.2, 0.25) is 5.02 Å². The molecule has 0 N–H and O–H groups in total. The SMILES string of the molecule is N#CCCN(Cc1cccnc1)C(=O)c1cc(-c2ccccc2Cl)nn1-c1cccc([N+](=O)[O-])c1. The maximum Gasteiger partial charge on any atom is 0.272 e. The molecule has 0 bridgehead atoms. The summed E-state index contributed by atoms with van der Waals surface area (Å²) in [4.78, 5) is 30.2. The first-order chi connectivity index (χ1) is 17.0. The fourth-order valence-electron chi connectivity index (χ4n) is 3.58. The number of pyridine rings is 1. The van der Waals surface area contributed by atoms with Crippen LogP contribution in [-0.4, -0.2) is 37.0 Å². The highest BCUT2D eigenvalue weighted by Crippen LogP contribution is 2.29. The number of carbonyl (C=O) groups excluding carboxylic acids is 1. The second-order valence-electron chi connectivity index (χ2n) is 7.58. The van der Waals surface area contributed by atoms with Gasteiger partial charge in [-0.25, -0.2) is 4.68 Å². The van der Waals surface area contributed by atoms with Crippen molar-refractivity contribution in [3.05, 3.63) is 106 Å². The lowest BCUT2D eigenvalue weighted by atomic mass is 10.1. The third-order valence-corrected chi connectivity index (χ3v) is 5.57. The molecule has 0 aliphatic carbocycles. The summed E-state index contributed by atoms with van der Waals surface area (Å²) in [6.07, 6.45) is 3.42. The lowest BCUT2D eigenvalue weighted by Gasteiger charge is -2.22. The minimum Gasteiger partial charge on any atom is -0.332 e. The molecule has 0 fully saturated rings. The number of halogens is 1. The summed E-state index contributed by atoms with van der Waals surface area (Å²) in [5, 5.41) is 25.5. The summed E-state index contributed by atoms with van der Waals surface area (Å²) in [5.41, 5.74) is 2.25. The molecule has 0 aliphatic rings. The zero-order valence-electron chi connectivity index (χ0n) is 18.4. The van der Waals surface area contributed by atoms with Crippen LogP contribution in [0.3, 0.4) is 0 Å². The van der Waals surface area contributed by atoms with Gasteiger partial charge in [0, 0.05) is 43.2 Å². The largest absolute Gasteiger partial charge is 0.332 e. The molecule has 0 radical (unpaired) electrons. The minimum absolute atomic E-state index is 0.132. The maximum absolute atomic E-state index is 13.8. The van der Waals surface area contributed by atoms with Gasteiger partial charge in [-0.3, -0.25) is 19.9 Å². The van der Waals surface area contributed by atoms with Crippen molar-refractivity contribution >= 4 is 23.2 Å². The Bertz CT molecular complexity index is 1410. The van der Waals surface area contributed by atoms with Gasteiger partial charge in [-0.15, -0.1) is 0 Å². The minimum atomic E-state index is -0.509. The van der Waals surface area contributed by atoms with Gasteiger partial charge >= 0.3 is 0 Å². The van der Waals surface area contributed by atoms with Crippen LogP contribution in [0, 0.1) is 21.4 Å². The molecule has 2 aromatic heterocycles. The van der Waals surface area contributed by atoms with Crippen LogP contribution < -0.4 is 0 Å². The number of aromatic nitrogens is 3. The third kappa shape index (κ3) is 5.34. The molecular weight excluding hydrogens is 468 g/mol. The molecule has 0 atom stereocenters. The molecular formula is C25H19ClN6O3. The Morgan fingerprint density at radius 3 is 2.69 bits per heavy atom. The second kappa shape index (κ2) is 10.6. The first kappa shape index (κ1) is 23.6. The molecule has 0 unspecified atom stereocenters. The van der Waals surface area contributed by atoms with Crippen molar-refractivity contribution in [2.75, 3.05) is 6.54 Å².